The van der Waals surface area contributed by atoms with Gasteiger partial charge in [-0.05, 0) is 18.2 Å². The number of carbonyl (C=O) groups is 1. The summed E-state index contributed by atoms with van der Waals surface area (Å²) in [6.45, 7) is 0. The zero-order valence-corrected chi connectivity index (χ0v) is 9.49. The van der Waals surface area contributed by atoms with Crippen molar-refractivity contribution in [3.8, 4) is 0 Å². The van der Waals surface area contributed by atoms with Gasteiger partial charge in [0.25, 0.3) is 5.91 Å². The van der Waals surface area contributed by atoms with Crippen molar-refractivity contribution in [1.82, 2.24) is 4.98 Å². The van der Waals surface area contributed by atoms with Gasteiger partial charge in [0.2, 0.25) is 5.56 Å². The van der Waals surface area contributed by atoms with E-state index < -0.39 is 5.91 Å². The Morgan fingerprint density at radius 2 is 1.88 bits per heavy atom. The molecule has 0 fully saturated rings. The maximum atomic E-state index is 11.8. The van der Waals surface area contributed by atoms with Gasteiger partial charge in [0.15, 0.2) is 0 Å². The Bertz CT molecular complexity index is 607. The zero-order chi connectivity index (χ0) is 12.3. The third-order valence-electron chi connectivity index (χ3n) is 2.14. The summed E-state index contributed by atoms with van der Waals surface area (Å²) >= 11 is 5.90. The van der Waals surface area contributed by atoms with Crippen LogP contribution >= 0.6 is 11.6 Å². The van der Waals surface area contributed by atoms with Crippen LogP contribution < -0.4 is 10.9 Å². The molecule has 0 saturated carbocycles. The molecule has 5 heteroatoms. The number of amides is 1. The van der Waals surface area contributed by atoms with Gasteiger partial charge in [-0.25, -0.2) is 0 Å². The molecule has 0 aliphatic carbocycles. The second kappa shape index (κ2) is 4.84. The highest BCUT2D eigenvalue weighted by Gasteiger charge is 2.08. The number of hydrogen-bond donors (Lipinski definition) is 2. The number of pyridine rings is 1. The molecule has 4 nitrogen and oxygen atoms in total. The Balaban J connectivity index is 2.23. The summed E-state index contributed by atoms with van der Waals surface area (Å²) < 4.78 is 0. The average Bonchev–Trinajstić information content (AvgIpc) is 2.32. The van der Waals surface area contributed by atoms with E-state index in [2.05, 4.69) is 10.3 Å². The Hall–Kier alpha value is -2.07. The lowest BCUT2D eigenvalue weighted by Gasteiger charge is -2.06. The summed E-state index contributed by atoms with van der Waals surface area (Å²) in [4.78, 5) is 25.3. The predicted octanol–water partition coefficient (Wildman–Crippen LogP) is 2.28. The molecule has 2 aromatic rings. The first-order chi connectivity index (χ1) is 8.16. The largest absolute Gasteiger partial charge is 0.319 e. The van der Waals surface area contributed by atoms with Gasteiger partial charge < -0.3 is 10.3 Å². The normalized spacial score (nSPS) is 9.94. The Labute approximate surface area is 102 Å². The second-order valence-corrected chi connectivity index (χ2v) is 3.77. The fourth-order valence-corrected chi connectivity index (χ4v) is 1.52. The highest BCUT2D eigenvalue weighted by atomic mass is 35.5. The lowest BCUT2D eigenvalue weighted by Crippen LogP contribution is -2.17. The summed E-state index contributed by atoms with van der Waals surface area (Å²) in [5, 5.41) is 3.06. The van der Waals surface area contributed by atoms with Gasteiger partial charge in [-0.3, -0.25) is 9.59 Å². The van der Waals surface area contributed by atoms with Crippen LogP contribution in [-0.2, 0) is 0 Å². The smallest absolute Gasteiger partial charge is 0.272 e. The number of aromatic amines is 1. The number of hydrogen-bond acceptors (Lipinski definition) is 2. The van der Waals surface area contributed by atoms with E-state index in [1.807, 2.05) is 0 Å². The number of rotatable bonds is 2. The van der Waals surface area contributed by atoms with Gasteiger partial charge in [-0.15, -0.1) is 0 Å². The first-order valence-corrected chi connectivity index (χ1v) is 5.30. The van der Waals surface area contributed by atoms with E-state index in [0.29, 0.717) is 10.7 Å². The quantitative estimate of drug-likeness (QED) is 0.857. The van der Waals surface area contributed by atoms with Crippen LogP contribution in [-0.4, -0.2) is 10.9 Å². The summed E-state index contributed by atoms with van der Waals surface area (Å²) in [6, 6.07) is 11.3. The molecular formula is C12H9ClN2O2. The van der Waals surface area contributed by atoms with Gasteiger partial charge in [0, 0.05) is 6.07 Å². The minimum atomic E-state index is -0.407. The molecule has 0 unspecified atom stereocenters. The molecule has 0 aliphatic heterocycles. The molecule has 1 amide bonds. The highest BCUT2D eigenvalue weighted by molar-refractivity contribution is 6.33. The van der Waals surface area contributed by atoms with Crippen LogP contribution in [0.3, 0.4) is 0 Å². The summed E-state index contributed by atoms with van der Waals surface area (Å²) in [7, 11) is 0. The molecule has 0 saturated heterocycles. The topological polar surface area (TPSA) is 62.0 Å². The fraction of sp³-hybridized carbons (Fsp3) is 0. The molecular weight excluding hydrogens is 240 g/mol. The van der Waals surface area contributed by atoms with Crippen molar-refractivity contribution in [2.75, 3.05) is 5.32 Å². The van der Waals surface area contributed by atoms with Gasteiger partial charge in [-0.2, -0.15) is 0 Å². The van der Waals surface area contributed by atoms with E-state index in [0.717, 1.165) is 0 Å². The van der Waals surface area contributed by atoms with Gasteiger partial charge in [0.1, 0.15) is 5.69 Å². The average molecular weight is 249 g/mol. The highest BCUT2D eigenvalue weighted by Crippen LogP contribution is 2.20. The molecule has 0 aliphatic rings. The standard InChI is InChI=1S/C12H9ClN2O2/c13-8-4-1-2-5-9(8)15-12(17)10-6-3-7-11(16)14-10/h1-7H,(H,14,16)(H,15,17). The van der Waals surface area contributed by atoms with E-state index in [-0.39, 0.29) is 11.3 Å². The predicted molar refractivity (Wildman–Crippen MR) is 66.5 cm³/mol. The molecule has 0 bridgehead atoms. The minimum Gasteiger partial charge on any atom is -0.319 e. The summed E-state index contributed by atoms with van der Waals surface area (Å²) in [5.74, 6) is -0.407. The molecule has 0 atom stereocenters. The van der Waals surface area contributed by atoms with Crippen molar-refractivity contribution >= 4 is 23.2 Å². The molecule has 2 N–H and O–H groups in total. The number of nitrogens with one attached hydrogen (secondary N) is 2. The molecule has 1 heterocycles. The molecule has 2 rings (SSSR count). The van der Waals surface area contributed by atoms with E-state index in [4.69, 9.17) is 11.6 Å². The van der Waals surface area contributed by atoms with E-state index in [9.17, 15) is 9.59 Å². The monoisotopic (exact) mass is 248 g/mol. The fourth-order valence-electron chi connectivity index (χ4n) is 1.33. The van der Waals surface area contributed by atoms with Crippen molar-refractivity contribution in [3.05, 3.63) is 63.5 Å². The van der Waals surface area contributed by atoms with Gasteiger partial charge in [-0.1, -0.05) is 29.8 Å². The minimum absolute atomic E-state index is 0.192. The first-order valence-electron chi connectivity index (χ1n) is 4.92. The molecule has 17 heavy (non-hydrogen) atoms. The van der Waals surface area contributed by atoms with E-state index in [1.54, 1.807) is 24.3 Å². The number of anilines is 1. The summed E-state index contributed by atoms with van der Waals surface area (Å²) in [5.41, 5.74) is 0.373. The van der Waals surface area contributed by atoms with Crippen LogP contribution in [0.5, 0.6) is 0 Å². The molecule has 1 aromatic carbocycles. The van der Waals surface area contributed by atoms with Gasteiger partial charge >= 0.3 is 0 Å². The lowest BCUT2D eigenvalue weighted by atomic mass is 10.3. The van der Waals surface area contributed by atoms with E-state index in [1.165, 1.54) is 18.2 Å². The molecule has 1 aromatic heterocycles. The second-order valence-electron chi connectivity index (χ2n) is 3.36. The van der Waals surface area contributed by atoms with Crippen molar-refractivity contribution in [2.24, 2.45) is 0 Å². The number of para-hydroxylation sites is 1. The maximum absolute atomic E-state index is 11.8. The lowest BCUT2D eigenvalue weighted by molar-refractivity contribution is 0.102. The SMILES string of the molecule is O=C(Nc1ccccc1Cl)c1cccc(=O)[nH]1. The zero-order valence-electron chi connectivity index (χ0n) is 8.74. The van der Waals surface area contributed by atoms with Crippen molar-refractivity contribution in [1.29, 1.82) is 0 Å². The van der Waals surface area contributed by atoms with Crippen LogP contribution in [0.25, 0.3) is 0 Å². The Morgan fingerprint density at radius 3 is 2.59 bits per heavy atom. The van der Waals surface area contributed by atoms with Crippen molar-refractivity contribution < 1.29 is 4.79 Å². The number of benzene rings is 1. The number of H-pyrrole nitrogens is 1. The van der Waals surface area contributed by atoms with Crippen LogP contribution in [0.15, 0.2) is 47.3 Å². The number of halogens is 1. The van der Waals surface area contributed by atoms with Crippen LogP contribution in [0.4, 0.5) is 5.69 Å². The third kappa shape index (κ3) is 2.73. The van der Waals surface area contributed by atoms with Crippen LogP contribution in [0, 0.1) is 0 Å². The van der Waals surface area contributed by atoms with Gasteiger partial charge in [0.05, 0.1) is 10.7 Å². The van der Waals surface area contributed by atoms with E-state index >= 15 is 0 Å². The van der Waals surface area contributed by atoms with Crippen molar-refractivity contribution in [2.45, 2.75) is 0 Å². The molecule has 86 valence electrons. The number of aromatic nitrogens is 1. The first kappa shape index (κ1) is 11.4. The Morgan fingerprint density at radius 1 is 1.12 bits per heavy atom. The Kier molecular flexibility index (Phi) is 3.25. The maximum Gasteiger partial charge on any atom is 0.272 e. The molecule has 0 spiro atoms. The van der Waals surface area contributed by atoms with Crippen LogP contribution in [0.1, 0.15) is 10.5 Å². The van der Waals surface area contributed by atoms with Crippen molar-refractivity contribution in [3.63, 3.8) is 0 Å². The third-order valence-corrected chi connectivity index (χ3v) is 2.46. The van der Waals surface area contributed by atoms with Crippen LogP contribution in [0.2, 0.25) is 5.02 Å². The molecule has 0 radical (unpaired) electrons. The number of carbonyl (C=O) groups excluding carboxylic acids is 1. The summed E-state index contributed by atoms with van der Waals surface area (Å²) in [6.07, 6.45) is 0.